The highest BCUT2D eigenvalue weighted by atomic mass is 16.5. The van der Waals surface area contributed by atoms with Crippen LogP contribution in [-0.2, 0) is 0 Å². The number of hydrogen-bond acceptors (Lipinski definition) is 3. The minimum atomic E-state index is 0.215. The van der Waals surface area contributed by atoms with E-state index in [0.717, 1.165) is 29.9 Å². The lowest BCUT2D eigenvalue weighted by atomic mass is 10.2. The fourth-order valence-electron chi connectivity index (χ4n) is 1.88. The Bertz CT molecular complexity index is 519. The largest absolute Gasteiger partial charge is 0.489 e. The number of pyridine rings is 1. The van der Waals surface area contributed by atoms with Gasteiger partial charge in [0.1, 0.15) is 11.4 Å². The van der Waals surface area contributed by atoms with Crippen molar-refractivity contribution in [2.75, 3.05) is 20.6 Å². The molecule has 0 amide bonds. The van der Waals surface area contributed by atoms with Crippen LogP contribution in [0.3, 0.4) is 0 Å². The molecule has 4 heteroatoms. The summed E-state index contributed by atoms with van der Waals surface area (Å²) in [4.78, 5) is 6.43. The summed E-state index contributed by atoms with van der Waals surface area (Å²) < 4.78 is 7.98. The molecular weight excluding hydrogens is 226 g/mol. The molecule has 0 aliphatic carbocycles. The van der Waals surface area contributed by atoms with E-state index < -0.39 is 0 Å². The lowest BCUT2D eigenvalue weighted by molar-refractivity contribution is 0.192. The number of hydrogen-bond donors (Lipinski definition) is 0. The van der Waals surface area contributed by atoms with Gasteiger partial charge in [-0.2, -0.15) is 0 Å². The summed E-state index contributed by atoms with van der Waals surface area (Å²) in [6, 6.07) is 2.05. The van der Waals surface area contributed by atoms with Gasteiger partial charge in [-0.1, -0.05) is 0 Å². The molecule has 2 aromatic rings. The zero-order valence-electron chi connectivity index (χ0n) is 11.6. The summed E-state index contributed by atoms with van der Waals surface area (Å²) in [5, 5.41) is 0. The van der Waals surface area contributed by atoms with Crippen molar-refractivity contribution < 1.29 is 4.74 Å². The van der Waals surface area contributed by atoms with Gasteiger partial charge in [-0.05, 0) is 46.0 Å². The van der Waals surface area contributed by atoms with Gasteiger partial charge in [-0.25, -0.2) is 4.98 Å². The lowest BCUT2D eigenvalue weighted by Gasteiger charge is -2.18. The second kappa shape index (κ2) is 5.40. The molecule has 2 heterocycles. The van der Waals surface area contributed by atoms with E-state index in [0.29, 0.717) is 0 Å². The fourth-order valence-corrected chi connectivity index (χ4v) is 1.88. The molecular formula is C14H21N3O. The van der Waals surface area contributed by atoms with Crippen LogP contribution in [0.25, 0.3) is 5.65 Å². The van der Waals surface area contributed by atoms with Crippen LogP contribution in [0, 0.1) is 6.92 Å². The Hall–Kier alpha value is -1.55. The molecule has 0 aromatic carbocycles. The van der Waals surface area contributed by atoms with Crippen molar-refractivity contribution in [1.82, 2.24) is 14.3 Å². The average Bonchev–Trinajstić information content (AvgIpc) is 2.74. The standard InChI is InChI=1S/C14H21N3O/c1-11-9-14-15-6-8-17(14)10-13(11)18-12(2)5-7-16(3)4/h6,8-10,12H,5,7H2,1-4H3. The molecule has 2 aromatic heterocycles. The smallest absolute Gasteiger partial charge is 0.139 e. The molecule has 18 heavy (non-hydrogen) atoms. The second-order valence-corrected chi connectivity index (χ2v) is 5.03. The molecule has 0 fully saturated rings. The first-order valence-corrected chi connectivity index (χ1v) is 6.31. The van der Waals surface area contributed by atoms with Crippen LogP contribution < -0.4 is 4.74 Å². The summed E-state index contributed by atoms with van der Waals surface area (Å²) in [5.41, 5.74) is 2.09. The van der Waals surface area contributed by atoms with Crippen molar-refractivity contribution in [3.63, 3.8) is 0 Å². The number of rotatable bonds is 5. The maximum absolute atomic E-state index is 6.00. The number of fused-ring (bicyclic) bond motifs is 1. The summed E-state index contributed by atoms with van der Waals surface area (Å²) in [6.07, 6.45) is 6.98. The number of ether oxygens (including phenoxy) is 1. The van der Waals surface area contributed by atoms with Crippen molar-refractivity contribution in [1.29, 1.82) is 0 Å². The zero-order chi connectivity index (χ0) is 13.1. The molecule has 1 atom stereocenters. The van der Waals surface area contributed by atoms with Gasteiger partial charge in [0, 0.05) is 18.9 Å². The highest BCUT2D eigenvalue weighted by molar-refractivity contribution is 5.46. The zero-order valence-corrected chi connectivity index (χ0v) is 11.6. The van der Waals surface area contributed by atoms with Crippen molar-refractivity contribution in [2.45, 2.75) is 26.4 Å². The van der Waals surface area contributed by atoms with Gasteiger partial charge < -0.3 is 14.0 Å². The maximum atomic E-state index is 6.00. The number of aromatic nitrogens is 2. The van der Waals surface area contributed by atoms with Crippen LogP contribution in [0.1, 0.15) is 18.9 Å². The van der Waals surface area contributed by atoms with Crippen LogP contribution in [0.4, 0.5) is 0 Å². The first-order valence-electron chi connectivity index (χ1n) is 6.31. The van der Waals surface area contributed by atoms with Crippen LogP contribution in [0.5, 0.6) is 5.75 Å². The minimum Gasteiger partial charge on any atom is -0.489 e. The molecule has 0 saturated heterocycles. The first kappa shape index (κ1) is 12.9. The van der Waals surface area contributed by atoms with Gasteiger partial charge in [0.25, 0.3) is 0 Å². The van der Waals surface area contributed by atoms with Crippen LogP contribution in [0.15, 0.2) is 24.7 Å². The summed E-state index contributed by atoms with van der Waals surface area (Å²) in [5.74, 6) is 0.937. The Labute approximate surface area is 108 Å². The second-order valence-electron chi connectivity index (χ2n) is 5.03. The van der Waals surface area contributed by atoms with E-state index in [4.69, 9.17) is 4.74 Å². The molecule has 2 rings (SSSR count). The Morgan fingerprint density at radius 3 is 2.94 bits per heavy atom. The van der Waals surface area contributed by atoms with Crippen molar-refractivity contribution in [3.05, 3.63) is 30.2 Å². The third-order valence-corrected chi connectivity index (χ3v) is 3.00. The van der Waals surface area contributed by atoms with Crippen molar-refractivity contribution in [3.8, 4) is 5.75 Å². The number of imidazole rings is 1. The van der Waals surface area contributed by atoms with E-state index in [2.05, 4.69) is 37.8 Å². The molecule has 0 N–H and O–H groups in total. The SMILES string of the molecule is Cc1cc2nccn2cc1OC(C)CCN(C)C. The van der Waals surface area contributed by atoms with Crippen LogP contribution >= 0.6 is 0 Å². The normalized spacial score (nSPS) is 13.2. The summed E-state index contributed by atoms with van der Waals surface area (Å²) in [6.45, 7) is 5.21. The topological polar surface area (TPSA) is 29.8 Å². The van der Waals surface area contributed by atoms with Gasteiger partial charge in [0.05, 0.1) is 12.3 Å². The Morgan fingerprint density at radius 2 is 2.22 bits per heavy atom. The summed E-state index contributed by atoms with van der Waals surface area (Å²) in [7, 11) is 4.16. The first-order chi connectivity index (χ1) is 8.56. The minimum absolute atomic E-state index is 0.215. The molecule has 0 radical (unpaired) electrons. The molecule has 0 aliphatic heterocycles. The van der Waals surface area contributed by atoms with E-state index in [-0.39, 0.29) is 6.10 Å². The molecule has 0 saturated carbocycles. The predicted octanol–water partition coefficient (Wildman–Crippen LogP) is 2.36. The van der Waals surface area contributed by atoms with Gasteiger partial charge in [-0.3, -0.25) is 0 Å². The Balaban J connectivity index is 2.08. The van der Waals surface area contributed by atoms with Crippen LogP contribution in [0.2, 0.25) is 0 Å². The van der Waals surface area contributed by atoms with Gasteiger partial charge in [-0.15, -0.1) is 0 Å². The molecule has 0 spiro atoms. The van der Waals surface area contributed by atoms with Gasteiger partial charge in [0.15, 0.2) is 0 Å². The predicted molar refractivity (Wildman–Crippen MR) is 73.2 cm³/mol. The van der Waals surface area contributed by atoms with E-state index in [1.54, 1.807) is 6.20 Å². The molecule has 0 bridgehead atoms. The molecule has 0 aliphatic rings. The van der Waals surface area contributed by atoms with E-state index in [1.807, 2.05) is 22.9 Å². The molecule has 1 unspecified atom stereocenters. The number of aryl methyl sites for hydroxylation is 1. The van der Waals surface area contributed by atoms with E-state index >= 15 is 0 Å². The Kier molecular flexibility index (Phi) is 3.87. The third-order valence-electron chi connectivity index (χ3n) is 3.00. The highest BCUT2D eigenvalue weighted by Crippen LogP contribution is 2.21. The molecule has 4 nitrogen and oxygen atoms in total. The number of nitrogens with zero attached hydrogens (tertiary/aromatic N) is 3. The summed E-state index contributed by atoms with van der Waals surface area (Å²) >= 11 is 0. The van der Waals surface area contributed by atoms with Crippen LogP contribution in [-0.4, -0.2) is 41.0 Å². The average molecular weight is 247 g/mol. The van der Waals surface area contributed by atoms with E-state index in [1.165, 1.54) is 0 Å². The third kappa shape index (κ3) is 3.01. The monoisotopic (exact) mass is 247 g/mol. The fraction of sp³-hybridized carbons (Fsp3) is 0.500. The maximum Gasteiger partial charge on any atom is 0.139 e. The quantitative estimate of drug-likeness (QED) is 0.812. The van der Waals surface area contributed by atoms with Crippen molar-refractivity contribution in [2.24, 2.45) is 0 Å². The lowest BCUT2D eigenvalue weighted by Crippen LogP contribution is -2.21. The van der Waals surface area contributed by atoms with Gasteiger partial charge in [0.2, 0.25) is 0 Å². The van der Waals surface area contributed by atoms with Crippen molar-refractivity contribution >= 4 is 5.65 Å². The molecule has 98 valence electrons. The van der Waals surface area contributed by atoms with Gasteiger partial charge >= 0.3 is 0 Å². The van der Waals surface area contributed by atoms with E-state index in [9.17, 15) is 0 Å². The highest BCUT2D eigenvalue weighted by Gasteiger charge is 2.08. The Morgan fingerprint density at radius 1 is 1.44 bits per heavy atom.